The van der Waals surface area contributed by atoms with Crippen LogP contribution in [0.3, 0.4) is 0 Å². The average Bonchev–Trinajstić information content (AvgIpc) is 3.72. The fraction of sp³-hybridized carbons (Fsp3) is 0.235. The van der Waals surface area contributed by atoms with Gasteiger partial charge in [0.1, 0.15) is 5.75 Å². The maximum Gasteiger partial charge on any atom is 0.123 e. The van der Waals surface area contributed by atoms with Crippen molar-refractivity contribution in [3.63, 3.8) is 0 Å². The van der Waals surface area contributed by atoms with E-state index in [1.807, 2.05) is 34.0 Å². The van der Waals surface area contributed by atoms with Gasteiger partial charge in [-0.1, -0.05) is 53.7 Å². The van der Waals surface area contributed by atoms with E-state index in [1.165, 1.54) is 50.1 Å². The van der Waals surface area contributed by atoms with E-state index >= 15 is 0 Å². The highest BCUT2D eigenvalue weighted by atomic mass is 32.1. The first-order valence-corrected chi connectivity index (χ1v) is 17.5. The smallest absolute Gasteiger partial charge is 0.123 e. The first-order chi connectivity index (χ1) is 19.0. The fourth-order valence-electron chi connectivity index (χ4n) is 4.88. The Balaban J connectivity index is 1.55. The van der Waals surface area contributed by atoms with Crippen LogP contribution in [0.4, 0.5) is 0 Å². The number of rotatable bonds is 5. The highest BCUT2D eigenvalue weighted by Crippen LogP contribution is 2.51. The number of hydrogen-bond donors (Lipinski definition) is 1. The van der Waals surface area contributed by atoms with E-state index in [1.54, 1.807) is 22.7 Å². The molecule has 204 valence electrons. The maximum atomic E-state index is 11.4. The van der Waals surface area contributed by atoms with Crippen molar-refractivity contribution < 1.29 is 5.11 Å². The quantitative estimate of drug-likeness (QED) is 0.204. The normalized spacial score (nSPS) is 12.3. The summed E-state index contributed by atoms with van der Waals surface area (Å²) in [5, 5.41) is 15.7. The fourth-order valence-corrected chi connectivity index (χ4v) is 9.94. The highest BCUT2D eigenvalue weighted by Gasteiger charge is 2.28. The standard InChI is InChI=1S/C34H32OS5/c1-33(2,3)22-17-20(18-23(31(22)35)34(4,5)6)21-19-30(28-12-11-26(38-28)24-9-7-15-36-24)40-32(21)29-14-13-27(39-29)25-10-8-16-37-25/h7-19,35H,1-6H3. The summed E-state index contributed by atoms with van der Waals surface area (Å²) in [5.41, 5.74) is 4.04. The second kappa shape index (κ2) is 10.4. The number of thiophene rings is 5. The van der Waals surface area contributed by atoms with E-state index in [0.717, 1.165) is 11.1 Å². The van der Waals surface area contributed by atoms with Gasteiger partial charge < -0.3 is 5.11 Å². The van der Waals surface area contributed by atoms with Gasteiger partial charge in [0.2, 0.25) is 0 Å². The molecule has 1 nitrogen and oxygen atoms in total. The SMILES string of the molecule is CC(C)(C)c1cc(-c2cc(-c3ccc(-c4cccs4)s3)sc2-c2ccc(-c3cccs3)s2)cc(C(C)(C)C)c1O. The summed E-state index contributed by atoms with van der Waals surface area (Å²) >= 11 is 9.18. The molecular formula is C34H32OS5. The first kappa shape index (κ1) is 27.7. The molecule has 1 N–H and O–H groups in total. The lowest BCUT2D eigenvalue weighted by atomic mass is 9.77. The Kier molecular flexibility index (Phi) is 7.21. The lowest BCUT2D eigenvalue weighted by molar-refractivity contribution is 0.423. The second-order valence-corrected chi connectivity index (χ2v) is 17.2. The van der Waals surface area contributed by atoms with Gasteiger partial charge in [0, 0.05) is 50.8 Å². The molecule has 40 heavy (non-hydrogen) atoms. The third kappa shape index (κ3) is 5.28. The van der Waals surface area contributed by atoms with E-state index in [4.69, 9.17) is 0 Å². The van der Waals surface area contributed by atoms with Crippen LogP contribution in [0.15, 0.2) is 77.5 Å². The van der Waals surface area contributed by atoms with Crippen molar-refractivity contribution in [3.05, 3.63) is 88.6 Å². The molecule has 0 fully saturated rings. The van der Waals surface area contributed by atoms with Crippen molar-refractivity contribution >= 4 is 56.7 Å². The van der Waals surface area contributed by atoms with Gasteiger partial charge in [-0.05, 0) is 81.8 Å². The third-order valence-electron chi connectivity index (χ3n) is 6.98. The summed E-state index contributed by atoms with van der Waals surface area (Å²) < 4.78 is 0. The Morgan fingerprint density at radius 1 is 0.525 bits per heavy atom. The van der Waals surface area contributed by atoms with Gasteiger partial charge in [0.05, 0.1) is 4.88 Å². The molecule has 5 aromatic heterocycles. The van der Waals surface area contributed by atoms with Gasteiger partial charge in [-0.3, -0.25) is 0 Å². The molecule has 6 heteroatoms. The minimum absolute atomic E-state index is 0.183. The summed E-state index contributed by atoms with van der Waals surface area (Å²) in [6.07, 6.45) is 0. The van der Waals surface area contributed by atoms with E-state index in [0.29, 0.717) is 5.75 Å². The monoisotopic (exact) mass is 616 g/mol. The van der Waals surface area contributed by atoms with Crippen LogP contribution in [0.1, 0.15) is 52.7 Å². The zero-order valence-electron chi connectivity index (χ0n) is 23.5. The molecule has 0 saturated carbocycles. The molecule has 0 aliphatic heterocycles. The van der Waals surface area contributed by atoms with Gasteiger partial charge in [-0.25, -0.2) is 0 Å². The zero-order chi connectivity index (χ0) is 28.2. The number of benzene rings is 1. The predicted molar refractivity (Wildman–Crippen MR) is 182 cm³/mol. The Morgan fingerprint density at radius 3 is 1.48 bits per heavy atom. The van der Waals surface area contributed by atoms with Crippen molar-refractivity contribution in [1.29, 1.82) is 0 Å². The van der Waals surface area contributed by atoms with Crippen LogP contribution < -0.4 is 0 Å². The molecule has 0 saturated heterocycles. The lowest BCUT2D eigenvalue weighted by Crippen LogP contribution is -2.17. The van der Waals surface area contributed by atoms with Gasteiger partial charge in [-0.15, -0.1) is 56.7 Å². The van der Waals surface area contributed by atoms with Crippen LogP contribution in [0.2, 0.25) is 0 Å². The van der Waals surface area contributed by atoms with Crippen LogP contribution in [0.5, 0.6) is 5.75 Å². The zero-order valence-corrected chi connectivity index (χ0v) is 27.6. The van der Waals surface area contributed by atoms with Crippen LogP contribution in [-0.4, -0.2) is 5.11 Å². The maximum absolute atomic E-state index is 11.4. The molecular weight excluding hydrogens is 585 g/mol. The van der Waals surface area contributed by atoms with Crippen LogP contribution >= 0.6 is 56.7 Å². The van der Waals surface area contributed by atoms with Gasteiger partial charge >= 0.3 is 0 Å². The Labute approximate surface area is 257 Å². The minimum Gasteiger partial charge on any atom is -0.507 e. The molecule has 0 bridgehead atoms. The lowest BCUT2D eigenvalue weighted by Gasteiger charge is -2.28. The summed E-state index contributed by atoms with van der Waals surface area (Å²) in [6.45, 7) is 13.1. The molecule has 1 aromatic carbocycles. The number of phenols is 1. The molecule has 6 rings (SSSR count). The Hall–Kier alpha value is -2.48. The highest BCUT2D eigenvalue weighted by molar-refractivity contribution is 7.29. The first-order valence-electron chi connectivity index (χ1n) is 13.3. The molecule has 5 heterocycles. The summed E-state index contributed by atoms with van der Waals surface area (Å²) in [5.74, 6) is 0.427. The van der Waals surface area contributed by atoms with Gasteiger partial charge in [0.25, 0.3) is 0 Å². The topological polar surface area (TPSA) is 20.2 Å². The molecule has 0 aliphatic rings. The van der Waals surface area contributed by atoms with Crippen molar-refractivity contribution in [2.75, 3.05) is 0 Å². The second-order valence-electron chi connectivity index (χ2n) is 12.1. The van der Waals surface area contributed by atoms with Gasteiger partial charge in [-0.2, -0.15) is 0 Å². The number of hydrogen-bond acceptors (Lipinski definition) is 6. The van der Waals surface area contributed by atoms with Crippen molar-refractivity contribution in [2.24, 2.45) is 0 Å². The van der Waals surface area contributed by atoms with Gasteiger partial charge in [0.15, 0.2) is 0 Å². The minimum atomic E-state index is -0.183. The van der Waals surface area contributed by atoms with Crippen LogP contribution in [0.25, 0.3) is 50.1 Å². The summed E-state index contributed by atoms with van der Waals surface area (Å²) in [6, 6.07) is 24.5. The van der Waals surface area contributed by atoms with E-state index < -0.39 is 0 Å². The number of phenolic OH excluding ortho intramolecular Hbond substituents is 1. The summed E-state index contributed by atoms with van der Waals surface area (Å²) in [7, 11) is 0. The molecule has 0 atom stereocenters. The van der Waals surface area contributed by atoms with Crippen molar-refractivity contribution in [2.45, 2.75) is 52.4 Å². The molecule has 6 aromatic rings. The van der Waals surface area contributed by atoms with E-state index in [-0.39, 0.29) is 10.8 Å². The predicted octanol–water partition coefficient (Wildman–Crippen LogP) is 12.6. The van der Waals surface area contributed by atoms with Crippen molar-refractivity contribution in [1.82, 2.24) is 0 Å². The summed E-state index contributed by atoms with van der Waals surface area (Å²) in [4.78, 5) is 10.4. The third-order valence-corrected chi connectivity index (χ3v) is 12.8. The molecule has 0 radical (unpaired) electrons. The molecule has 0 amide bonds. The molecule has 0 aliphatic carbocycles. The average molecular weight is 617 g/mol. The van der Waals surface area contributed by atoms with E-state index in [9.17, 15) is 5.11 Å². The van der Waals surface area contributed by atoms with E-state index in [2.05, 4.69) is 119 Å². The van der Waals surface area contributed by atoms with Crippen LogP contribution in [0, 0.1) is 0 Å². The largest absolute Gasteiger partial charge is 0.507 e. The van der Waals surface area contributed by atoms with Crippen molar-refractivity contribution in [3.8, 4) is 55.9 Å². The van der Waals surface area contributed by atoms with Crippen LogP contribution in [-0.2, 0) is 10.8 Å². The molecule has 0 unspecified atom stereocenters. The Morgan fingerprint density at radius 2 is 1.00 bits per heavy atom. The Bertz CT molecular complexity index is 1730. The number of aromatic hydroxyl groups is 1. The molecule has 0 spiro atoms.